The van der Waals surface area contributed by atoms with E-state index in [0.29, 0.717) is 0 Å². The van der Waals surface area contributed by atoms with Crippen molar-refractivity contribution in [1.29, 1.82) is 0 Å². The zero-order chi connectivity index (χ0) is 22.5. The highest BCUT2D eigenvalue weighted by Crippen LogP contribution is 2.30. The number of nitrogens with zero attached hydrogens (tertiary/aromatic N) is 4. The number of hydrogen-bond acceptors (Lipinski definition) is 3. The van der Waals surface area contributed by atoms with Gasteiger partial charge in [0.05, 0.1) is 5.52 Å². The highest BCUT2D eigenvalue weighted by molar-refractivity contribution is 5.96. The van der Waals surface area contributed by atoms with E-state index < -0.39 is 0 Å². The predicted octanol–water partition coefficient (Wildman–Crippen LogP) is 5.93. The quantitative estimate of drug-likeness (QED) is 0.292. The monoisotopic (exact) mass is 510 g/mol. The highest BCUT2D eigenvalue weighted by atomic mass is 35.5. The molecule has 0 N–H and O–H groups in total. The molecule has 186 valence electrons. The van der Waals surface area contributed by atoms with Gasteiger partial charge in [0.25, 0.3) is 0 Å². The van der Waals surface area contributed by atoms with Gasteiger partial charge in [0.2, 0.25) is 0 Å². The van der Waals surface area contributed by atoms with Crippen LogP contribution in [0.15, 0.2) is 91.1 Å². The van der Waals surface area contributed by atoms with Gasteiger partial charge in [-0.05, 0) is 30.2 Å². The van der Waals surface area contributed by atoms with E-state index in [2.05, 4.69) is 118 Å². The van der Waals surface area contributed by atoms with Gasteiger partial charge in [0.1, 0.15) is 0 Å². The van der Waals surface area contributed by atoms with E-state index in [9.17, 15) is 0 Å². The molecule has 0 bridgehead atoms. The largest absolute Gasteiger partial charge is 0.316 e. The summed E-state index contributed by atoms with van der Waals surface area (Å²) in [7, 11) is 2.21. The van der Waals surface area contributed by atoms with Crippen LogP contribution in [-0.4, -0.2) is 60.8 Å². The fourth-order valence-electron chi connectivity index (χ4n) is 4.94. The third kappa shape index (κ3) is 6.59. The van der Waals surface area contributed by atoms with E-state index in [0.717, 1.165) is 32.7 Å². The number of para-hydroxylation sites is 1. The molecule has 3 aromatic carbocycles. The van der Waals surface area contributed by atoms with Crippen LogP contribution in [0.4, 0.5) is 0 Å². The van der Waals surface area contributed by atoms with Crippen molar-refractivity contribution >= 4 is 35.7 Å². The molecule has 1 aliphatic rings. The Morgan fingerprint density at radius 3 is 2.03 bits per heavy atom. The summed E-state index contributed by atoms with van der Waals surface area (Å²) < 4.78 is 2.33. The van der Waals surface area contributed by atoms with Gasteiger partial charge in [-0.3, -0.25) is 9.58 Å². The first kappa shape index (κ1) is 27.1. The van der Waals surface area contributed by atoms with E-state index in [-0.39, 0.29) is 24.8 Å². The molecule has 1 saturated heterocycles. The van der Waals surface area contributed by atoms with Gasteiger partial charge in [-0.2, -0.15) is 0 Å². The highest BCUT2D eigenvalue weighted by Gasteiger charge is 2.17. The molecule has 0 spiro atoms. The van der Waals surface area contributed by atoms with E-state index >= 15 is 0 Å². The number of hydrogen-bond donors (Lipinski definition) is 0. The lowest BCUT2D eigenvalue weighted by molar-refractivity contribution is 0.126. The summed E-state index contributed by atoms with van der Waals surface area (Å²) in [5, 5.41) is 3.67. The molecule has 35 heavy (non-hydrogen) atoms. The number of aromatic nitrogens is 1. The molecule has 1 fully saturated rings. The topological polar surface area (TPSA) is 14.7 Å². The molecule has 6 heteroatoms. The van der Waals surface area contributed by atoms with Crippen LogP contribution in [0.1, 0.15) is 12.0 Å². The van der Waals surface area contributed by atoms with Gasteiger partial charge in [-0.1, -0.05) is 78.9 Å². The molecule has 4 nitrogen and oxygen atoms in total. The third-order valence-corrected chi connectivity index (χ3v) is 6.82. The lowest BCUT2D eigenvalue weighted by atomic mass is 10.1. The summed E-state index contributed by atoms with van der Waals surface area (Å²) in [5.74, 6) is 0. The summed E-state index contributed by atoms with van der Waals surface area (Å²) >= 11 is 0. The van der Waals surface area contributed by atoms with Gasteiger partial charge < -0.3 is 9.91 Å². The van der Waals surface area contributed by atoms with Crippen molar-refractivity contribution in [2.45, 2.75) is 13.0 Å². The van der Waals surface area contributed by atoms with E-state index in [1.807, 2.05) is 0 Å². The van der Waals surface area contributed by atoms with Crippen LogP contribution >= 0.6 is 24.8 Å². The lowest BCUT2D eigenvalue weighted by Gasteiger charge is -2.35. The van der Waals surface area contributed by atoms with Crippen molar-refractivity contribution in [2.24, 2.45) is 0 Å². The van der Waals surface area contributed by atoms with Crippen LogP contribution < -0.4 is 5.01 Å². The maximum Gasteiger partial charge on any atom is 0.0701 e. The van der Waals surface area contributed by atoms with Crippen molar-refractivity contribution < 1.29 is 0 Å². The summed E-state index contributed by atoms with van der Waals surface area (Å²) in [6.07, 6.45) is 3.46. The molecule has 0 atom stereocenters. The Morgan fingerprint density at radius 2 is 1.31 bits per heavy atom. The molecular formula is C29H36Cl2N4. The van der Waals surface area contributed by atoms with Gasteiger partial charge in [-0.15, -0.1) is 24.8 Å². The first-order valence-corrected chi connectivity index (χ1v) is 12.1. The molecule has 0 saturated carbocycles. The van der Waals surface area contributed by atoms with Crippen LogP contribution in [0, 0.1) is 0 Å². The van der Waals surface area contributed by atoms with Crippen LogP contribution in [0.25, 0.3) is 22.0 Å². The van der Waals surface area contributed by atoms with Crippen LogP contribution in [0.2, 0.25) is 0 Å². The number of rotatable bonds is 8. The van der Waals surface area contributed by atoms with E-state index in [4.69, 9.17) is 0 Å². The summed E-state index contributed by atoms with van der Waals surface area (Å²) in [6.45, 7) is 7.93. The SMILES string of the molecule is CN(CCCN1CCN(Cc2ccccc2)CC1)n1cc(-c2ccccc2)c2ccccc21.Cl.Cl. The molecule has 0 radical (unpaired) electrons. The first-order chi connectivity index (χ1) is 16.3. The van der Waals surface area contributed by atoms with Crippen molar-refractivity contribution in [1.82, 2.24) is 14.5 Å². The Kier molecular flexibility index (Phi) is 10.1. The molecule has 0 unspecified atom stereocenters. The molecule has 4 aromatic rings. The van der Waals surface area contributed by atoms with Crippen molar-refractivity contribution in [3.63, 3.8) is 0 Å². The zero-order valence-corrected chi connectivity index (χ0v) is 22.1. The number of benzene rings is 3. The molecule has 0 amide bonds. The Hall–Kier alpha value is -2.50. The van der Waals surface area contributed by atoms with Crippen molar-refractivity contribution in [2.75, 3.05) is 51.3 Å². The minimum atomic E-state index is 0. The summed E-state index contributed by atoms with van der Waals surface area (Å²) in [6, 6.07) is 30.3. The normalized spacial score (nSPS) is 14.3. The number of halogens is 2. The van der Waals surface area contributed by atoms with Crippen LogP contribution in [0.5, 0.6) is 0 Å². The third-order valence-electron chi connectivity index (χ3n) is 6.82. The fraction of sp³-hybridized carbons (Fsp3) is 0.310. The van der Waals surface area contributed by atoms with Crippen molar-refractivity contribution in [3.05, 3.63) is 96.7 Å². The minimum absolute atomic E-state index is 0. The Morgan fingerprint density at radius 1 is 0.714 bits per heavy atom. The first-order valence-electron chi connectivity index (χ1n) is 12.1. The van der Waals surface area contributed by atoms with Crippen LogP contribution in [0.3, 0.4) is 0 Å². The summed E-state index contributed by atoms with van der Waals surface area (Å²) in [4.78, 5) is 5.20. The molecule has 2 heterocycles. The fourth-order valence-corrected chi connectivity index (χ4v) is 4.94. The maximum atomic E-state index is 2.62. The Labute approximate surface area is 221 Å². The predicted molar refractivity (Wildman–Crippen MR) is 154 cm³/mol. The maximum absolute atomic E-state index is 2.62. The second kappa shape index (κ2) is 13.0. The smallest absolute Gasteiger partial charge is 0.0701 e. The zero-order valence-electron chi connectivity index (χ0n) is 20.4. The minimum Gasteiger partial charge on any atom is -0.316 e. The van der Waals surface area contributed by atoms with Crippen LogP contribution in [-0.2, 0) is 6.54 Å². The van der Waals surface area contributed by atoms with Gasteiger partial charge in [-0.25, -0.2) is 0 Å². The number of fused-ring (bicyclic) bond motifs is 1. The van der Waals surface area contributed by atoms with Gasteiger partial charge in [0.15, 0.2) is 0 Å². The molecule has 5 rings (SSSR count). The van der Waals surface area contributed by atoms with Gasteiger partial charge in [0, 0.05) is 63.5 Å². The second-order valence-corrected chi connectivity index (χ2v) is 9.11. The summed E-state index contributed by atoms with van der Waals surface area (Å²) in [5.41, 5.74) is 5.26. The van der Waals surface area contributed by atoms with E-state index in [1.165, 1.54) is 47.1 Å². The average Bonchev–Trinajstić information content (AvgIpc) is 3.26. The Bertz CT molecular complexity index is 1160. The lowest BCUT2D eigenvalue weighted by Crippen LogP contribution is -2.46. The molecular weight excluding hydrogens is 475 g/mol. The van der Waals surface area contributed by atoms with E-state index in [1.54, 1.807) is 0 Å². The molecule has 1 aromatic heterocycles. The number of piperazine rings is 1. The average molecular weight is 512 g/mol. The van der Waals surface area contributed by atoms with Gasteiger partial charge >= 0.3 is 0 Å². The molecule has 1 aliphatic heterocycles. The van der Waals surface area contributed by atoms with Crippen molar-refractivity contribution in [3.8, 4) is 11.1 Å². The standard InChI is InChI=1S/C29H34N4.2ClH/c1-30(17-10-18-31-19-21-32(22-20-31)23-25-11-4-2-5-12-25)33-24-28(26-13-6-3-7-14-26)27-15-8-9-16-29(27)33;;/h2-9,11-16,24H,10,17-23H2,1H3;2*1H. The molecule has 0 aliphatic carbocycles. The second-order valence-electron chi connectivity index (χ2n) is 9.11. The Balaban J connectivity index is 0.00000171.